The Morgan fingerprint density at radius 3 is 2.68 bits per heavy atom. The largest absolute Gasteiger partial charge is 0.493 e. The van der Waals surface area contributed by atoms with Crippen LogP contribution in [0.25, 0.3) is 27.6 Å². The third-order valence-electron chi connectivity index (χ3n) is 4.44. The van der Waals surface area contributed by atoms with Crippen LogP contribution in [-0.4, -0.2) is 46.2 Å². The van der Waals surface area contributed by atoms with E-state index < -0.39 is 0 Å². The molecule has 0 unspecified atom stereocenters. The number of aliphatic hydroxyl groups excluding tert-OH is 1. The number of benzene rings is 2. The molecule has 0 aliphatic heterocycles. The number of aromatic amines is 1. The van der Waals surface area contributed by atoms with E-state index >= 15 is 0 Å². The molecule has 0 bridgehead atoms. The maximum atomic E-state index is 13.4. The van der Waals surface area contributed by atoms with Crippen molar-refractivity contribution in [1.82, 2.24) is 14.5 Å². The summed E-state index contributed by atoms with van der Waals surface area (Å²) in [6.45, 7) is -0.0155. The lowest BCUT2D eigenvalue weighted by Gasteiger charge is -2.14. The van der Waals surface area contributed by atoms with Gasteiger partial charge >= 0.3 is 0 Å². The van der Waals surface area contributed by atoms with Crippen molar-refractivity contribution < 1.29 is 14.6 Å². The number of methoxy groups -OCH3 is 2. The van der Waals surface area contributed by atoms with Gasteiger partial charge in [-0.3, -0.25) is 9.36 Å². The zero-order valence-electron chi connectivity index (χ0n) is 15.4. The summed E-state index contributed by atoms with van der Waals surface area (Å²) in [5, 5.41) is 10.7. The second-order valence-electron chi connectivity index (χ2n) is 6.04. The number of hydrogen-bond acceptors (Lipinski definition) is 6. The summed E-state index contributed by atoms with van der Waals surface area (Å²) in [5.41, 5.74) is 2.30. The first kappa shape index (κ1) is 18.4. The van der Waals surface area contributed by atoms with Gasteiger partial charge in [0.2, 0.25) is 0 Å². The minimum atomic E-state index is -0.214. The zero-order chi connectivity index (χ0) is 19.7. The van der Waals surface area contributed by atoms with Crippen molar-refractivity contribution in [2.75, 3.05) is 26.6 Å². The zero-order valence-corrected chi connectivity index (χ0v) is 16.2. The first-order chi connectivity index (χ1) is 13.7. The summed E-state index contributed by atoms with van der Waals surface area (Å²) in [6.07, 6.45) is 0. The molecule has 144 valence electrons. The van der Waals surface area contributed by atoms with Crippen LogP contribution < -0.4 is 15.0 Å². The number of hydrogen-bond donors (Lipinski definition) is 2. The lowest BCUT2D eigenvalue weighted by molar-refractivity contribution is 0.322. The number of aliphatic hydroxyl groups is 1. The summed E-state index contributed by atoms with van der Waals surface area (Å²) in [6, 6.07) is 12.9. The highest BCUT2D eigenvalue weighted by Gasteiger charge is 2.18. The summed E-state index contributed by atoms with van der Waals surface area (Å²) < 4.78 is 12.2. The molecule has 2 aromatic heterocycles. The van der Waals surface area contributed by atoms with E-state index in [4.69, 9.17) is 14.5 Å². The lowest BCUT2D eigenvalue weighted by atomic mass is 10.2. The maximum absolute atomic E-state index is 13.4. The van der Waals surface area contributed by atoms with Gasteiger partial charge in [0.1, 0.15) is 11.0 Å². The van der Waals surface area contributed by atoms with Crippen molar-refractivity contribution in [2.24, 2.45) is 0 Å². The highest BCUT2D eigenvalue weighted by molar-refractivity contribution is 7.99. The second kappa shape index (κ2) is 7.57. The predicted octanol–water partition coefficient (Wildman–Crippen LogP) is 2.97. The van der Waals surface area contributed by atoms with Crippen molar-refractivity contribution in [2.45, 2.75) is 5.16 Å². The molecule has 7 nitrogen and oxygen atoms in total. The predicted molar refractivity (Wildman–Crippen MR) is 110 cm³/mol. The van der Waals surface area contributed by atoms with Crippen LogP contribution in [0.2, 0.25) is 0 Å². The Balaban J connectivity index is 2.02. The number of para-hydroxylation sites is 1. The summed E-state index contributed by atoms with van der Waals surface area (Å²) in [7, 11) is 3.11. The van der Waals surface area contributed by atoms with Gasteiger partial charge in [-0.05, 0) is 18.2 Å². The number of thioether (sulfide) groups is 1. The number of rotatable bonds is 6. The van der Waals surface area contributed by atoms with Crippen LogP contribution >= 0.6 is 11.8 Å². The first-order valence-corrected chi connectivity index (χ1v) is 9.66. The monoisotopic (exact) mass is 397 g/mol. The van der Waals surface area contributed by atoms with Crippen molar-refractivity contribution in [1.29, 1.82) is 0 Å². The van der Waals surface area contributed by atoms with Crippen LogP contribution in [-0.2, 0) is 0 Å². The molecule has 0 radical (unpaired) electrons. The summed E-state index contributed by atoms with van der Waals surface area (Å²) >= 11 is 1.32. The minimum Gasteiger partial charge on any atom is -0.493 e. The lowest BCUT2D eigenvalue weighted by Crippen LogP contribution is -2.22. The molecule has 4 rings (SSSR count). The molecular formula is C20H19N3O4S. The van der Waals surface area contributed by atoms with Gasteiger partial charge in [0, 0.05) is 22.7 Å². The quantitative estimate of drug-likeness (QED) is 0.384. The summed E-state index contributed by atoms with van der Waals surface area (Å²) in [4.78, 5) is 21.3. The molecule has 0 aliphatic rings. The molecule has 2 N–H and O–H groups in total. The second-order valence-corrected chi connectivity index (χ2v) is 7.10. The average molecular weight is 397 g/mol. The Kier molecular flexibility index (Phi) is 4.97. The van der Waals surface area contributed by atoms with Crippen LogP contribution in [0.15, 0.2) is 52.4 Å². The van der Waals surface area contributed by atoms with Crippen LogP contribution in [0, 0.1) is 0 Å². The van der Waals surface area contributed by atoms with Crippen LogP contribution in [0.3, 0.4) is 0 Å². The molecule has 8 heteroatoms. The average Bonchev–Trinajstić information content (AvgIpc) is 3.11. The van der Waals surface area contributed by atoms with Gasteiger partial charge in [0.25, 0.3) is 5.56 Å². The molecule has 2 heterocycles. The van der Waals surface area contributed by atoms with E-state index in [-0.39, 0.29) is 12.2 Å². The standard InChI is InChI=1S/C20H19N3O4S/c1-26-15-8-7-12(11-16(15)27-2)23-19(25)18-17(22-20(23)28-10-9-24)13-5-3-4-6-14(13)21-18/h3-8,11,21,24H,9-10H2,1-2H3. The van der Waals surface area contributed by atoms with Gasteiger partial charge in [-0.25, -0.2) is 4.98 Å². The normalized spacial score (nSPS) is 11.2. The van der Waals surface area contributed by atoms with E-state index in [0.717, 1.165) is 10.9 Å². The molecule has 0 saturated heterocycles. The fourth-order valence-electron chi connectivity index (χ4n) is 3.17. The number of H-pyrrole nitrogens is 1. The molecule has 2 aromatic carbocycles. The van der Waals surface area contributed by atoms with Gasteiger partial charge in [-0.1, -0.05) is 30.0 Å². The van der Waals surface area contributed by atoms with E-state index in [1.54, 1.807) is 32.4 Å². The Morgan fingerprint density at radius 2 is 1.93 bits per heavy atom. The van der Waals surface area contributed by atoms with E-state index in [1.807, 2.05) is 24.3 Å². The van der Waals surface area contributed by atoms with E-state index in [0.29, 0.717) is 39.1 Å². The van der Waals surface area contributed by atoms with Crippen molar-refractivity contribution in [3.8, 4) is 17.2 Å². The molecule has 0 aliphatic carbocycles. The van der Waals surface area contributed by atoms with E-state index in [1.165, 1.54) is 16.3 Å². The Labute approximate surface area is 164 Å². The number of nitrogens with one attached hydrogen (secondary N) is 1. The number of nitrogens with zero attached hydrogens (tertiary/aromatic N) is 2. The van der Waals surface area contributed by atoms with Gasteiger partial charge in [-0.15, -0.1) is 0 Å². The van der Waals surface area contributed by atoms with Crippen molar-refractivity contribution in [3.63, 3.8) is 0 Å². The fraction of sp³-hybridized carbons (Fsp3) is 0.200. The molecule has 0 fully saturated rings. The van der Waals surface area contributed by atoms with Crippen molar-refractivity contribution in [3.05, 3.63) is 52.8 Å². The molecule has 4 aromatic rings. The van der Waals surface area contributed by atoms with Crippen molar-refractivity contribution >= 4 is 33.7 Å². The molecule has 0 spiro atoms. The van der Waals surface area contributed by atoms with E-state index in [9.17, 15) is 9.90 Å². The topological polar surface area (TPSA) is 89.4 Å². The van der Waals surface area contributed by atoms with Crippen LogP contribution in [0.4, 0.5) is 0 Å². The number of fused-ring (bicyclic) bond motifs is 3. The smallest absolute Gasteiger partial charge is 0.283 e. The van der Waals surface area contributed by atoms with Gasteiger partial charge in [-0.2, -0.15) is 0 Å². The minimum absolute atomic E-state index is 0.0155. The Morgan fingerprint density at radius 1 is 1.14 bits per heavy atom. The molecule has 0 atom stereocenters. The van der Waals surface area contributed by atoms with Gasteiger partial charge < -0.3 is 19.6 Å². The fourth-order valence-corrected chi connectivity index (χ4v) is 3.91. The van der Waals surface area contributed by atoms with Gasteiger partial charge in [0.15, 0.2) is 16.7 Å². The molecular weight excluding hydrogens is 378 g/mol. The van der Waals surface area contributed by atoms with Gasteiger partial charge in [0.05, 0.1) is 26.5 Å². The third-order valence-corrected chi connectivity index (χ3v) is 5.36. The van der Waals surface area contributed by atoms with Crippen LogP contribution in [0.5, 0.6) is 11.5 Å². The highest BCUT2D eigenvalue weighted by atomic mass is 32.2. The Bertz CT molecular complexity index is 1220. The Hall–Kier alpha value is -2.97. The maximum Gasteiger partial charge on any atom is 0.283 e. The highest BCUT2D eigenvalue weighted by Crippen LogP contribution is 2.31. The summed E-state index contributed by atoms with van der Waals surface area (Å²) in [5.74, 6) is 1.51. The molecule has 0 amide bonds. The third kappa shape index (κ3) is 3.00. The first-order valence-electron chi connectivity index (χ1n) is 8.67. The molecule has 0 saturated carbocycles. The van der Waals surface area contributed by atoms with E-state index in [2.05, 4.69) is 4.98 Å². The number of ether oxygens (including phenoxy) is 2. The SMILES string of the molecule is COc1ccc(-n2c(SCCO)nc3c([nH]c4ccccc43)c2=O)cc1OC. The molecule has 28 heavy (non-hydrogen) atoms. The van der Waals surface area contributed by atoms with Crippen LogP contribution in [0.1, 0.15) is 0 Å². The number of aromatic nitrogens is 3.